The number of carbonyl (C=O) groups is 3. The molecule has 0 saturated carbocycles. The molecule has 2 aromatic rings. The number of hydrogen-bond acceptors (Lipinski definition) is 4. The number of halogens is 1. The number of urea groups is 1. The van der Waals surface area contributed by atoms with Gasteiger partial charge < -0.3 is 14.8 Å². The normalized spacial score (nSPS) is 24.0. The Bertz CT molecular complexity index is 1180. The molecule has 0 radical (unpaired) electrons. The van der Waals surface area contributed by atoms with Gasteiger partial charge in [0.25, 0.3) is 11.5 Å². The molecule has 4 heterocycles. The predicted octanol–water partition coefficient (Wildman–Crippen LogP) is 1.83. The number of carbonyl (C=O) groups excluding carboxylic acids is 3. The van der Waals surface area contributed by atoms with E-state index in [1.165, 1.54) is 18.2 Å². The summed E-state index contributed by atoms with van der Waals surface area (Å²) in [5, 5.41) is 2.64. The van der Waals surface area contributed by atoms with Crippen molar-refractivity contribution in [2.45, 2.75) is 44.3 Å². The molecule has 3 aliphatic heterocycles. The van der Waals surface area contributed by atoms with Crippen molar-refractivity contribution in [1.82, 2.24) is 19.7 Å². The molecule has 0 spiro atoms. The van der Waals surface area contributed by atoms with Crippen LogP contribution in [0, 0.1) is 11.7 Å². The molecule has 3 unspecified atom stereocenters. The van der Waals surface area contributed by atoms with Gasteiger partial charge in [0.1, 0.15) is 11.9 Å². The predicted molar refractivity (Wildman–Crippen MR) is 117 cm³/mol. The number of benzene rings is 1. The summed E-state index contributed by atoms with van der Waals surface area (Å²) in [4.78, 5) is 53.0. The molecule has 172 valence electrons. The molecule has 2 saturated heterocycles. The standard InChI is InChI=1S/C24H25FN4O4/c25-18-4-1-3-15(10-18)12-29-23(32)19(26-24(29)33)7-8-21(30)27-11-16-9-17(14-27)20-5-2-6-22(31)28(20)13-16/h1-6,10,16-17,19H,7-9,11-14H2,(H,26,33). The number of nitrogens with zero attached hydrogens (tertiary/aromatic N) is 3. The topological polar surface area (TPSA) is 91.7 Å². The van der Waals surface area contributed by atoms with Crippen LogP contribution in [0.4, 0.5) is 9.18 Å². The first-order chi connectivity index (χ1) is 15.9. The second-order valence-electron chi connectivity index (χ2n) is 9.09. The molecule has 1 N–H and O–H groups in total. The number of aromatic nitrogens is 1. The van der Waals surface area contributed by atoms with E-state index >= 15 is 0 Å². The molecule has 2 bridgehead atoms. The van der Waals surface area contributed by atoms with Crippen LogP contribution in [0.5, 0.6) is 0 Å². The zero-order chi connectivity index (χ0) is 23.1. The van der Waals surface area contributed by atoms with Gasteiger partial charge >= 0.3 is 6.03 Å². The molecule has 3 atom stereocenters. The Hall–Kier alpha value is -3.49. The number of imide groups is 1. The van der Waals surface area contributed by atoms with Crippen LogP contribution in [0.15, 0.2) is 47.3 Å². The molecule has 8 nitrogen and oxygen atoms in total. The van der Waals surface area contributed by atoms with Gasteiger partial charge in [0.15, 0.2) is 0 Å². The van der Waals surface area contributed by atoms with Crippen molar-refractivity contribution < 1.29 is 18.8 Å². The molecule has 9 heteroatoms. The summed E-state index contributed by atoms with van der Waals surface area (Å²) in [6.45, 7) is 1.74. The Balaban J connectivity index is 1.19. The fourth-order valence-electron chi connectivity index (χ4n) is 5.27. The van der Waals surface area contributed by atoms with Crippen LogP contribution in [0.25, 0.3) is 0 Å². The van der Waals surface area contributed by atoms with E-state index in [-0.39, 0.29) is 42.7 Å². The first-order valence-electron chi connectivity index (χ1n) is 11.2. The highest BCUT2D eigenvalue weighted by atomic mass is 19.1. The van der Waals surface area contributed by atoms with E-state index in [0.717, 1.165) is 17.0 Å². The molecular formula is C24H25FN4O4. The molecule has 0 aliphatic carbocycles. The lowest BCUT2D eigenvalue weighted by Gasteiger charge is -2.42. The lowest BCUT2D eigenvalue weighted by Crippen LogP contribution is -2.49. The van der Waals surface area contributed by atoms with Crippen molar-refractivity contribution in [3.63, 3.8) is 0 Å². The Morgan fingerprint density at radius 3 is 2.70 bits per heavy atom. The minimum absolute atomic E-state index is 0.000240. The Kier molecular flexibility index (Phi) is 5.47. The second kappa shape index (κ2) is 8.46. The van der Waals surface area contributed by atoms with Crippen molar-refractivity contribution in [3.05, 3.63) is 69.9 Å². The number of nitrogens with one attached hydrogen (secondary N) is 1. The van der Waals surface area contributed by atoms with Crippen molar-refractivity contribution in [2.24, 2.45) is 5.92 Å². The van der Waals surface area contributed by atoms with Gasteiger partial charge in [-0.1, -0.05) is 18.2 Å². The Morgan fingerprint density at radius 1 is 1.06 bits per heavy atom. The highest BCUT2D eigenvalue weighted by molar-refractivity contribution is 6.04. The SMILES string of the molecule is O=C(CCC1NC(=O)N(Cc2cccc(F)c2)C1=O)N1CC2CC(C1)c1cccc(=O)n1C2. The fourth-order valence-corrected chi connectivity index (χ4v) is 5.27. The number of rotatable bonds is 5. The zero-order valence-corrected chi connectivity index (χ0v) is 18.1. The summed E-state index contributed by atoms with van der Waals surface area (Å²) in [5.74, 6) is -0.525. The first-order valence-corrected chi connectivity index (χ1v) is 11.2. The third-order valence-electron chi connectivity index (χ3n) is 6.82. The van der Waals surface area contributed by atoms with Crippen LogP contribution in [0.3, 0.4) is 0 Å². The number of hydrogen-bond donors (Lipinski definition) is 1. The third-order valence-corrected chi connectivity index (χ3v) is 6.82. The highest BCUT2D eigenvalue weighted by Gasteiger charge is 2.39. The van der Waals surface area contributed by atoms with Gasteiger partial charge in [-0.05, 0) is 42.5 Å². The largest absolute Gasteiger partial charge is 0.342 e. The fraction of sp³-hybridized carbons (Fsp3) is 0.417. The number of piperidine rings is 1. The monoisotopic (exact) mass is 452 g/mol. The maximum atomic E-state index is 13.4. The van der Waals surface area contributed by atoms with Crippen molar-refractivity contribution in [3.8, 4) is 0 Å². The van der Waals surface area contributed by atoms with Gasteiger partial charge in [-0.3, -0.25) is 19.3 Å². The first kappa shape index (κ1) is 21.4. The lowest BCUT2D eigenvalue weighted by molar-refractivity contribution is -0.134. The molecule has 5 rings (SSSR count). The van der Waals surface area contributed by atoms with Crippen molar-refractivity contribution >= 4 is 17.8 Å². The van der Waals surface area contributed by atoms with Gasteiger partial charge in [-0.15, -0.1) is 0 Å². The molecule has 3 aliphatic rings. The van der Waals surface area contributed by atoms with E-state index < -0.39 is 23.8 Å². The zero-order valence-electron chi connectivity index (χ0n) is 18.1. The Morgan fingerprint density at radius 2 is 1.88 bits per heavy atom. The van der Waals surface area contributed by atoms with Gasteiger partial charge in [0, 0.05) is 43.7 Å². The molecule has 33 heavy (non-hydrogen) atoms. The van der Waals surface area contributed by atoms with E-state index in [9.17, 15) is 23.6 Å². The van der Waals surface area contributed by atoms with Gasteiger partial charge in [0.05, 0.1) is 6.54 Å². The molecule has 1 aromatic carbocycles. The van der Waals surface area contributed by atoms with Crippen LogP contribution in [0.2, 0.25) is 0 Å². The summed E-state index contributed by atoms with van der Waals surface area (Å²) in [6, 6.07) is 9.76. The highest BCUT2D eigenvalue weighted by Crippen LogP contribution is 2.35. The van der Waals surface area contributed by atoms with Crippen LogP contribution in [0.1, 0.15) is 36.4 Å². The number of likely N-dealkylation sites (tertiary alicyclic amines) is 1. The summed E-state index contributed by atoms with van der Waals surface area (Å²) in [7, 11) is 0. The maximum absolute atomic E-state index is 13.4. The number of pyridine rings is 1. The van der Waals surface area contributed by atoms with Crippen LogP contribution in [-0.4, -0.2) is 51.3 Å². The van der Waals surface area contributed by atoms with Crippen LogP contribution >= 0.6 is 0 Å². The number of fused-ring (bicyclic) bond motifs is 4. The van der Waals surface area contributed by atoms with Gasteiger partial charge in [-0.25, -0.2) is 9.18 Å². The Labute approximate surface area is 190 Å². The molecule has 1 aromatic heterocycles. The van der Waals surface area contributed by atoms with Crippen LogP contribution in [-0.2, 0) is 22.7 Å². The van der Waals surface area contributed by atoms with E-state index in [1.54, 1.807) is 18.2 Å². The lowest BCUT2D eigenvalue weighted by atomic mass is 9.83. The van der Waals surface area contributed by atoms with E-state index in [2.05, 4.69) is 5.32 Å². The maximum Gasteiger partial charge on any atom is 0.325 e. The van der Waals surface area contributed by atoms with Crippen LogP contribution < -0.4 is 10.9 Å². The van der Waals surface area contributed by atoms with Gasteiger partial charge in [-0.2, -0.15) is 0 Å². The summed E-state index contributed by atoms with van der Waals surface area (Å²) in [6.07, 6.45) is 1.32. The molecule has 4 amide bonds. The summed E-state index contributed by atoms with van der Waals surface area (Å²) < 4.78 is 15.2. The summed E-state index contributed by atoms with van der Waals surface area (Å²) in [5.41, 5.74) is 1.50. The molecular weight excluding hydrogens is 427 g/mol. The third kappa shape index (κ3) is 4.15. The smallest absolute Gasteiger partial charge is 0.325 e. The average molecular weight is 452 g/mol. The summed E-state index contributed by atoms with van der Waals surface area (Å²) >= 11 is 0. The van der Waals surface area contributed by atoms with E-state index in [0.29, 0.717) is 25.2 Å². The minimum atomic E-state index is -0.765. The number of amides is 4. The average Bonchev–Trinajstić information content (AvgIpc) is 3.05. The van der Waals surface area contributed by atoms with Gasteiger partial charge in [0.2, 0.25) is 5.91 Å². The van der Waals surface area contributed by atoms with Crippen molar-refractivity contribution in [2.75, 3.05) is 13.1 Å². The quantitative estimate of drug-likeness (QED) is 0.701. The minimum Gasteiger partial charge on any atom is -0.342 e. The van der Waals surface area contributed by atoms with Crippen molar-refractivity contribution in [1.29, 1.82) is 0 Å². The second-order valence-corrected chi connectivity index (χ2v) is 9.09. The molecule has 2 fully saturated rings. The van der Waals surface area contributed by atoms with E-state index in [1.807, 2.05) is 15.5 Å². The van der Waals surface area contributed by atoms with E-state index in [4.69, 9.17) is 0 Å².